The van der Waals surface area contributed by atoms with Gasteiger partial charge in [0.15, 0.2) is 0 Å². The predicted octanol–water partition coefficient (Wildman–Crippen LogP) is 5.76. The van der Waals surface area contributed by atoms with Gasteiger partial charge in [-0.15, -0.1) is 5.10 Å². The molecule has 0 saturated heterocycles. The Kier molecular flexibility index (Phi) is 6.68. The first-order valence-corrected chi connectivity index (χ1v) is 14.0. The van der Waals surface area contributed by atoms with Crippen LogP contribution in [0.5, 0.6) is 0 Å². The van der Waals surface area contributed by atoms with E-state index in [1.807, 2.05) is 30.9 Å². The van der Waals surface area contributed by atoms with Crippen LogP contribution in [0.25, 0.3) is 10.9 Å². The van der Waals surface area contributed by atoms with Gasteiger partial charge in [0.2, 0.25) is 0 Å². The van der Waals surface area contributed by atoms with Gasteiger partial charge in [0.1, 0.15) is 25.4 Å². The van der Waals surface area contributed by atoms with Gasteiger partial charge in [-0.2, -0.15) is 5.26 Å². The molecule has 2 aliphatic rings. The van der Waals surface area contributed by atoms with Gasteiger partial charge in [-0.25, -0.2) is 9.07 Å². The highest BCUT2D eigenvalue weighted by atomic mass is 35.5. The number of anilines is 2. The zero-order chi connectivity index (χ0) is 27.1. The van der Waals surface area contributed by atoms with Crippen LogP contribution in [0.1, 0.15) is 68.3 Å². The van der Waals surface area contributed by atoms with E-state index in [-0.39, 0.29) is 11.9 Å². The molecule has 198 valence electrons. The third-order valence-electron chi connectivity index (χ3n) is 8.25. The molecule has 2 aromatic carbocycles. The van der Waals surface area contributed by atoms with E-state index in [9.17, 15) is 9.65 Å². The van der Waals surface area contributed by atoms with Gasteiger partial charge in [-0.1, -0.05) is 48.7 Å². The number of nitriles is 1. The summed E-state index contributed by atoms with van der Waals surface area (Å²) in [6.07, 6.45) is 10.3. The van der Waals surface area contributed by atoms with Gasteiger partial charge >= 0.3 is 0 Å². The number of fused-ring (bicyclic) bond motifs is 1. The summed E-state index contributed by atoms with van der Waals surface area (Å²) in [6.45, 7) is 2.26. The molecule has 2 aliphatic carbocycles. The lowest BCUT2D eigenvalue weighted by Gasteiger charge is -2.32. The molecule has 39 heavy (non-hydrogen) atoms. The summed E-state index contributed by atoms with van der Waals surface area (Å²) < 4.78 is 15.8. The molecule has 2 heterocycles. The summed E-state index contributed by atoms with van der Waals surface area (Å²) >= 11 is 6.80. The molecule has 0 spiro atoms. The van der Waals surface area contributed by atoms with E-state index >= 15 is 0 Å². The fourth-order valence-electron chi connectivity index (χ4n) is 5.67. The fraction of sp³-hybridized carbons (Fsp3) is 0.379. The second-order valence-corrected chi connectivity index (χ2v) is 11.5. The molecule has 2 N–H and O–H groups in total. The zero-order valence-electron chi connectivity index (χ0n) is 22.1. The molecule has 2 fully saturated rings. The van der Waals surface area contributed by atoms with Crippen LogP contribution in [0, 0.1) is 23.1 Å². The van der Waals surface area contributed by atoms with E-state index in [4.69, 9.17) is 11.6 Å². The maximum Gasteiger partial charge on any atom is 0.148 e. The summed E-state index contributed by atoms with van der Waals surface area (Å²) in [5, 5.41) is 27.4. The smallest absolute Gasteiger partial charge is 0.148 e. The van der Waals surface area contributed by atoms with Gasteiger partial charge in [-0.05, 0) is 61.4 Å². The Hall–Kier alpha value is -3.64. The van der Waals surface area contributed by atoms with Crippen LogP contribution in [0.3, 0.4) is 0 Å². The highest BCUT2D eigenvalue weighted by molar-refractivity contribution is 6.36. The van der Waals surface area contributed by atoms with E-state index in [0.717, 1.165) is 60.1 Å². The standard InChI is InChI=1S/C29H30BClFN7/c1-17-4-2-3-5-25(17)35-27-18(14-33)15-34-28-23(27)12-21(13-24(28)31)36-29(30,19-6-8-20(32)9-7-19)26-16-39(38-37-26)22-10-11-22/h6-9,12-13,15-17,22,25,36H,2-5,10-11,30H2,1H3,(H,34,35)/t17?,25?,29-/m0/s1. The van der Waals surface area contributed by atoms with Gasteiger partial charge in [0.25, 0.3) is 0 Å². The predicted molar refractivity (Wildman–Crippen MR) is 154 cm³/mol. The first kappa shape index (κ1) is 25.6. The quantitative estimate of drug-likeness (QED) is 0.289. The number of hydrogen-bond donors (Lipinski definition) is 2. The number of nitrogens with zero attached hydrogens (tertiary/aromatic N) is 5. The van der Waals surface area contributed by atoms with Crippen molar-refractivity contribution < 1.29 is 4.39 Å². The maximum absolute atomic E-state index is 13.9. The first-order valence-electron chi connectivity index (χ1n) is 13.6. The molecule has 10 heteroatoms. The summed E-state index contributed by atoms with van der Waals surface area (Å²) in [7, 11) is 2.01. The minimum absolute atomic E-state index is 0.272. The van der Waals surface area contributed by atoms with E-state index in [2.05, 4.69) is 38.9 Å². The molecule has 0 aliphatic heterocycles. The number of nitrogens with one attached hydrogen (secondary N) is 2. The Morgan fingerprint density at radius 2 is 1.92 bits per heavy atom. The second kappa shape index (κ2) is 10.2. The molecular formula is C29H30BClFN7. The Morgan fingerprint density at radius 1 is 1.15 bits per heavy atom. The van der Waals surface area contributed by atoms with Crippen molar-refractivity contribution in [3.8, 4) is 6.07 Å². The number of halogens is 2. The van der Waals surface area contributed by atoms with Crippen molar-refractivity contribution in [3.63, 3.8) is 0 Å². The van der Waals surface area contributed by atoms with Gasteiger partial charge < -0.3 is 10.6 Å². The molecule has 0 amide bonds. The van der Waals surface area contributed by atoms with Crippen LogP contribution in [-0.2, 0) is 5.44 Å². The van der Waals surface area contributed by atoms with Crippen molar-refractivity contribution in [2.75, 3.05) is 10.6 Å². The third-order valence-corrected chi connectivity index (χ3v) is 8.53. The topological polar surface area (TPSA) is 91.5 Å². The molecule has 3 atom stereocenters. The molecule has 2 saturated carbocycles. The Balaban J connectivity index is 1.45. The zero-order valence-corrected chi connectivity index (χ0v) is 22.8. The molecule has 7 nitrogen and oxygen atoms in total. The number of hydrogen-bond acceptors (Lipinski definition) is 6. The Bertz CT molecular complexity index is 1560. The summed E-state index contributed by atoms with van der Waals surface area (Å²) in [4.78, 5) is 4.53. The molecule has 2 aromatic heterocycles. The van der Waals surface area contributed by atoms with Crippen LogP contribution in [0.2, 0.25) is 5.02 Å². The number of benzene rings is 2. The Morgan fingerprint density at radius 3 is 2.64 bits per heavy atom. The molecule has 2 unspecified atom stereocenters. The van der Waals surface area contributed by atoms with Crippen LogP contribution in [0.4, 0.5) is 15.8 Å². The van der Waals surface area contributed by atoms with E-state index in [1.165, 1.54) is 18.6 Å². The summed E-state index contributed by atoms with van der Waals surface area (Å²) in [6, 6.07) is 13.2. The molecule has 6 rings (SSSR count). The lowest BCUT2D eigenvalue weighted by Crippen LogP contribution is -2.37. The third kappa shape index (κ3) is 4.94. The largest absolute Gasteiger partial charge is 0.380 e. The van der Waals surface area contributed by atoms with Gasteiger partial charge in [0.05, 0.1) is 39.5 Å². The van der Waals surface area contributed by atoms with Crippen LogP contribution < -0.4 is 10.6 Å². The monoisotopic (exact) mass is 541 g/mol. The normalized spacial score (nSPS) is 20.8. The molecule has 0 bridgehead atoms. The van der Waals surface area contributed by atoms with Crippen LogP contribution >= 0.6 is 11.6 Å². The van der Waals surface area contributed by atoms with Crippen molar-refractivity contribution in [1.82, 2.24) is 20.0 Å². The highest BCUT2D eigenvalue weighted by Gasteiger charge is 2.34. The number of pyridine rings is 1. The summed E-state index contributed by atoms with van der Waals surface area (Å²) in [5.41, 5.74) is 3.34. The van der Waals surface area contributed by atoms with Crippen LogP contribution in [-0.4, -0.2) is 33.9 Å². The average Bonchev–Trinajstić information content (AvgIpc) is 3.66. The molecular weight excluding hydrogens is 512 g/mol. The van der Waals surface area contributed by atoms with E-state index in [1.54, 1.807) is 18.3 Å². The van der Waals surface area contributed by atoms with Crippen LogP contribution in [0.15, 0.2) is 48.8 Å². The van der Waals surface area contributed by atoms with Crippen molar-refractivity contribution in [2.45, 2.75) is 63.0 Å². The summed E-state index contributed by atoms with van der Waals surface area (Å²) in [5.74, 6) is 0.195. The average molecular weight is 542 g/mol. The van der Waals surface area contributed by atoms with Crippen molar-refractivity contribution in [1.29, 1.82) is 5.26 Å². The minimum Gasteiger partial charge on any atom is -0.380 e. The van der Waals surface area contributed by atoms with E-state index < -0.39 is 5.44 Å². The lowest BCUT2D eigenvalue weighted by molar-refractivity contribution is 0.349. The first-order chi connectivity index (χ1) is 18.9. The minimum atomic E-state index is -0.830. The molecule has 0 radical (unpaired) electrons. The van der Waals surface area contributed by atoms with Gasteiger partial charge in [-0.3, -0.25) is 4.98 Å². The number of aromatic nitrogens is 4. The van der Waals surface area contributed by atoms with Gasteiger partial charge in [0, 0.05) is 23.3 Å². The van der Waals surface area contributed by atoms with Crippen molar-refractivity contribution in [2.24, 2.45) is 5.92 Å². The Labute approximate surface area is 233 Å². The van der Waals surface area contributed by atoms with Crippen molar-refractivity contribution >= 4 is 41.7 Å². The SMILES string of the molecule is B[C@](Nc1cc(Cl)c2ncc(C#N)c(NC3CCCCC3C)c2c1)(c1ccc(F)cc1)c1cn(C2CC2)nn1. The molecule has 4 aromatic rings. The maximum atomic E-state index is 13.9. The van der Waals surface area contributed by atoms with Crippen molar-refractivity contribution in [3.05, 3.63) is 76.5 Å². The lowest BCUT2D eigenvalue weighted by atomic mass is 9.69. The second-order valence-electron chi connectivity index (χ2n) is 11.1. The highest BCUT2D eigenvalue weighted by Crippen LogP contribution is 2.39. The fourth-order valence-corrected chi connectivity index (χ4v) is 5.94. The number of rotatable bonds is 7. The van der Waals surface area contributed by atoms with E-state index in [0.29, 0.717) is 28.1 Å².